The number of carbonyl (C=O) groups excluding carboxylic acids is 1. The first-order valence-electron chi connectivity index (χ1n) is 7.86. The molecule has 0 radical (unpaired) electrons. The van der Waals surface area contributed by atoms with Crippen molar-refractivity contribution in [3.05, 3.63) is 47.5 Å². The summed E-state index contributed by atoms with van der Waals surface area (Å²) in [5.41, 5.74) is 1.77. The number of hydrogen-bond acceptors (Lipinski definition) is 3. The van der Waals surface area contributed by atoms with E-state index in [9.17, 15) is 14.3 Å². The molecule has 1 aliphatic rings. The van der Waals surface area contributed by atoms with E-state index < -0.39 is 6.10 Å². The summed E-state index contributed by atoms with van der Waals surface area (Å²) in [5.74, 6) is -0.609. The SMILES string of the molecule is Cc1cc(C(=O)NC2CCCCC2O)nn1-c1ccc(F)cc1. The van der Waals surface area contributed by atoms with Gasteiger partial charge in [-0.1, -0.05) is 12.8 Å². The summed E-state index contributed by atoms with van der Waals surface area (Å²) in [7, 11) is 0. The van der Waals surface area contributed by atoms with Crippen LogP contribution in [0, 0.1) is 12.7 Å². The molecule has 1 aromatic heterocycles. The van der Waals surface area contributed by atoms with Crippen LogP contribution in [0.1, 0.15) is 41.9 Å². The van der Waals surface area contributed by atoms with Gasteiger partial charge < -0.3 is 10.4 Å². The van der Waals surface area contributed by atoms with Crippen molar-refractivity contribution in [3.63, 3.8) is 0 Å². The maximum absolute atomic E-state index is 13.0. The van der Waals surface area contributed by atoms with E-state index in [4.69, 9.17) is 0 Å². The number of aromatic nitrogens is 2. The molecule has 23 heavy (non-hydrogen) atoms. The van der Waals surface area contributed by atoms with Crippen LogP contribution in [0.5, 0.6) is 0 Å². The number of aryl methyl sites for hydroxylation is 1. The van der Waals surface area contributed by atoms with Gasteiger partial charge in [0.25, 0.3) is 5.91 Å². The van der Waals surface area contributed by atoms with Crippen LogP contribution in [0.3, 0.4) is 0 Å². The summed E-state index contributed by atoms with van der Waals surface area (Å²) in [6.07, 6.45) is 3.00. The predicted octanol–water partition coefficient (Wildman–Crippen LogP) is 2.35. The highest BCUT2D eigenvalue weighted by Crippen LogP contribution is 2.19. The van der Waals surface area contributed by atoms with E-state index in [1.54, 1.807) is 22.9 Å². The third-order valence-corrected chi connectivity index (χ3v) is 4.24. The monoisotopic (exact) mass is 317 g/mol. The van der Waals surface area contributed by atoms with Gasteiger partial charge in [-0.3, -0.25) is 4.79 Å². The number of rotatable bonds is 3. The van der Waals surface area contributed by atoms with E-state index in [1.165, 1.54) is 12.1 Å². The summed E-state index contributed by atoms with van der Waals surface area (Å²) in [4.78, 5) is 12.4. The third-order valence-electron chi connectivity index (χ3n) is 4.24. The molecule has 0 bridgehead atoms. The number of nitrogens with zero attached hydrogens (tertiary/aromatic N) is 2. The lowest BCUT2D eigenvalue weighted by Crippen LogP contribution is -2.45. The molecule has 2 atom stereocenters. The molecule has 2 unspecified atom stereocenters. The Morgan fingerprint density at radius 1 is 1.30 bits per heavy atom. The van der Waals surface area contributed by atoms with Crippen molar-refractivity contribution in [2.75, 3.05) is 0 Å². The van der Waals surface area contributed by atoms with Gasteiger partial charge in [0.15, 0.2) is 5.69 Å². The highest BCUT2D eigenvalue weighted by atomic mass is 19.1. The van der Waals surface area contributed by atoms with Crippen LogP contribution in [0.15, 0.2) is 30.3 Å². The van der Waals surface area contributed by atoms with E-state index in [-0.39, 0.29) is 17.8 Å². The fraction of sp³-hybridized carbons (Fsp3) is 0.412. The van der Waals surface area contributed by atoms with Crippen LogP contribution in [0.25, 0.3) is 5.69 Å². The Hall–Kier alpha value is -2.21. The van der Waals surface area contributed by atoms with Crippen LogP contribution in [0.2, 0.25) is 0 Å². The maximum Gasteiger partial charge on any atom is 0.272 e. The molecule has 1 heterocycles. The average molecular weight is 317 g/mol. The molecule has 1 amide bonds. The molecule has 2 N–H and O–H groups in total. The van der Waals surface area contributed by atoms with Gasteiger partial charge in [-0.25, -0.2) is 9.07 Å². The largest absolute Gasteiger partial charge is 0.391 e. The molecule has 1 aliphatic carbocycles. The number of nitrogens with one attached hydrogen (secondary N) is 1. The van der Waals surface area contributed by atoms with E-state index >= 15 is 0 Å². The normalized spacial score (nSPS) is 21.2. The first kappa shape index (κ1) is 15.7. The van der Waals surface area contributed by atoms with Gasteiger partial charge in [-0.2, -0.15) is 5.10 Å². The Morgan fingerprint density at radius 2 is 2.00 bits per heavy atom. The molecule has 0 spiro atoms. The number of halogens is 1. The maximum atomic E-state index is 13.0. The van der Waals surface area contributed by atoms with Crippen LogP contribution in [0.4, 0.5) is 4.39 Å². The molecule has 122 valence electrons. The number of hydrogen-bond donors (Lipinski definition) is 2. The van der Waals surface area contributed by atoms with E-state index in [1.807, 2.05) is 6.92 Å². The lowest BCUT2D eigenvalue weighted by Gasteiger charge is -2.27. The van der Waals surface area contributed by atoms with Crippen LogP contribution in [-0.4, -0.2) is 32.9 Å². The van der Waals surface area contributed by atoms with Crippen LogP contribution in [-0.2, 0) is 0 Å². The van der Waals surface area contributed by atoms with Crippen molar-refractivity contribution >= 4 is 5.91 Å². The smallest absolute Gasteiger partial charge is 0.272 e. The summed E-state index contributed by atoms with van der Waals surface area (Å²) >= 11 is 0. The van der Waals surface area contributed by atoms with Gasteiger partial charge in [0, 0.05) is 5.69 Å². The topological polar surface area (TPSA) is 67.2 Å². The van der Waals surface area contributed by atoms with Crippen molar-refractivity contribution in [2.24, 2.45) is 0 Å². The zero-order valence-corrected chi connectivity index (χ0v) is 13.0. The fourth-order valence-electron chi connectivity index (χ4n) is 2.95. The molecule has 0 saturated heterocycles. The molecular weight excluding hydrogens is 297 g/mol. The Morgan fingerprint density at radius 3 is 2.70 bits per heavy atom. The Kier molecular flexibility index (Phi) is 4.43. The number of aliphatic hydroxyl groups excluding tert-OH is 1. The Labute approximate surface area is 134 Å². The number of amides is 1. The number of carbonyl (C=O) groups is 1. The molecule has 0 aliphatic heterocycles. The summed E-state index contributed by atoms with van der Waals surface area (Å²) in [6.45, 7) is 1.84. The van der Waals surface area contributed by atoms with E-state index in [0.29, 0.717) is 17.8 Å². The first-order chi connectivity index (χ1) is 11.0. The standard InChI is InChI=1S/C17H20FN3O2/c1-11-10-15(17(23)19-14-4-2-3-5-16(14)22)20-21(11)13-8-6-12(18)7-9-13/h6-10,14,16,22H,2-5H2,1H3,(H,19,23). The molecule has 3 rings (SSSR count). The second kappa shape index (κ2) is 6.50. The number of aliphatic hydroxyl groups is 1. The summed E-state index contributed by atoms with van der Waals surface area (Å²) in [5, 5.41) is 17.1. The lowest BCUT2D eigenvalue weighted by atomic mass is 9.92. The van der Waals surface area contributed by atoms with Crippen molar-refractivity contribution in [1.29, 1.82) is 0 Å². The molecule has 1 fully saturated rings. The molecular formula is C17H20FN3O2. The van der Waals surface area contributed by atoms with E-state index in [0.717, 1.165) is 25.0 Å². The highest BCUT2D eigenvalue weighted by Gasteiger charge is 2.25. The molecule has 5 nitrogen and oxygen atoms in total. The minimum atomic E-state index is -0.493. The highest BCUT2D eigenvalue weighted by molar-refractivity contribution is 5.92. The second-order valence-electron chi connectivity index (χ2n) is 5.99. The average Bonchev–Trinajstić information content (AvgIpc) is 2.92. The molecule has 1 saturated carbocycles. The van der Waals surface area contributed by atoms with Crippen LogP contribution >= 0.6 is 0 Å². The summed E-state index contributed by atoms with van der Waals surface area (Å²) in [6, 6.07) is 7.41. The zero-order chi connectivity index (χ0) is 16.4. The first-order valence-corrected chi connectivity index (χ1v) is 7.86. The van der Waals surface area contributed by atoms with Crippen LogP contribution < -0.4 is 5.32 Å². The lowest BCUT2D eigenvalue weighted by molar-refractivity contribution is 0.0713. The Balaban J connectivity index is 1.77. The number of benzene rings is 1. The molecule has 1 aromatic carbocycles. The van der Waals surface area contributed by atoms with Gasteiger partial charge in [-0.15, -0.1) is 0 Å². The van der Waals surface area contributed by atoms with Crippen molar-refractivity contribution in [1.82, 2.24) is 15.1 Å². The summed E-state index contributed by atoms with van der Waals surface area (Å²) < 4.78 is 14.6. The predicted molar refractivity (Wildman–Crippen MR) is 84.0 cm³/mol. The van der Waals surface area contributed by atoms with Gasteiger partial charge in [0.2, 0.25) is 0 Å². The molecule has 6 heteroatoms. The third kappa shape index (κ3) is 3.42. The quantitative estimate of drug-likeness (QED) is 0.913. The Bertz CT molecular complexity index is 696. The van der Waals surface area contributed by atoms with E-state index in [2.05, 4.69) is 10.4 Å². The van der Waals surface area contributed by atoms with Gasteiger partial charge in [0.1, 0.15) is 5.82 Å². The van der Waals surface area contributed by atoms with Crippen molar-refractivity contribution in [3.8, 4) is 5.69 Å². The van der Waals surface area contributed by atoms with Crippen molar-refractivity contribution in [2.45, 2.75) is 44.8 Å². The zero-order valence-electron chi connectivity index (χ0n) is 13.0. The van der Waals surface area contributed by atoms with Crippen molar-refractivity contribution < 1.29 is 14.3 Å². The van der Waals surface area contributed by atoms with Gasteiger partial charge in [0.05, 0.1) is 17.8 Å². The minimum absolute atomic E-state index is 0.215. The van der Waals surface area contributed by atoms with Gasteiger partial charge >= 0.3 is 0 Å². The molecule has 2 aromatic rings. The minimum Gasteiger partial charge on any atom is -0.391 e. The fourth-order valence-corrected chi connectivity index (χ4v) is 2.95. The second-order valence-corrected chi connectivity index (χ2v) is 5.99. The van der Waals surface area contributed by atoms with Gasteiger partial charge in [-0.05, 0) is 50.1 Å².